The fourth-order valence-corrected chi connectivity index (χ4v) is 5.48. The first-order chi connectivity index (χ1) is 12.2. The second-order valence-corrected chi connectivity index (χ2v) is 8.98. The standard InChI is InChI=1S/C20H30N4O/c25-20(6-1-2-7-20)13-23-9-16-11-24(12-17(16)10-23)19-8-18(21-14-22-19)15-4-3-5-15/h8,14-17,25H,1-7,9-13H2. The molecule has 0 radical (unpaired) electrons. The summed E-state index contributed by atoms with van der Waals surface area (Å²) in [5.74, 6) is 3.26. The van der Waals surface area contributed by atoms with Crippen LogP contribution in [-0.2, 0) is 0 Å². The molecule has 0 aromatic carbocycles. The van der Waals surface area contributed by atoms with Gasteiger partial charge < -0.3 is 10.0 Å². The van der Waals surface area contributed by atoms with Crippen LogP contribution in [0.1, 0.15) is 56.6 Å². The fraction of sp³-hybridized carbons (Fsp3) is 0.800. The van der Waals surface area contributed by atoms with Crippen molar-refractivity contribution in [1.29, 1.82) is 0 Å². The maximum absolute atomic E-state index is 10.7. The molecular weight excluding hydrogens is 312 g/mol. The number of aromatic nitrogens is 2. The van der Waals surface area contributed by atoms with Gasteiger partial charge in [0.1, 0.15) is 12.1 Å². The van der Waals surface area contributed by atoms with Gasteiger partial charge in [0, 0.05) is 50.4 Å². The molecule has 1 aromatic heterocycles. The molecule has 2 aliphatic heterocycles. The molecule has 1 N–H and O–H groups in total. The van der Waals surface area contributed by atoms with Gasteiger partial charge in [-0.3, -0.25) is 4.90 Å². The summed E-state index contributed by atoms with van der Waals surface area (Å²) in [5.41, 5.74) is 0.848. The Bertz CT molecular complexity index is 612. The SMILES string of the molecule is OC1(CN2CC3CN(c4cc(C5CCC5)ncn4)CC3C2)CCCC1. The average Bonchev–Trinajstić information content (AvgIpc) is 3.21. The monoisotopic (exact) mass is 342 g/mol. The molecule has 0 spiro atoms. The van der Waals surface area contributed by atoms with E-state index < -0.39 is 5.60 Å². The topological polar surface area (TPSA) is 52.5 Å². The van der Waals surface area contributed by atoms with Crippen LogP contribution >= 0.6 is 0 Å². The Labute approximate surface area is 150 Å². The van der Waals surface area contributed by atoms with E-state index in [0.717, 1.165) is 63.2 Å². The highest BCUT2D eigenvalue weighted by Gasteiger charge is 2.43. The number of fused-ring (bicyclic) bond motifs is 1. The quantitative estimate of drug-likeness (QED) is 0.911. The van der Waals surface area contributed by atoms with Gasteiger partial charge in [-0.2, -0.15) is 0 Å². The van der Waals surface area contributed by atoms with E-state index in [4.69, 9.17) is 0 Å². The summed E-state index contributed by atoms with van der Waals surface area (Å²) in [6.45, 7) is 5.40. The maximum Gasteiger partial charge on any atom is 0.132 e. The summed E-state index contributed by atoms with van der Waals surface area (Å²) >= 11 is 0. The number of β-amino-alcohol motifs (C(OH)–C–C–N with tert-alkyl or cyclic N) is 1. The highest BCUT2D eigenvalue weighted by Crippen LogP contribution is 2.39. The first-order valence-electron chi connectivity index (χ1n) is 10.2. The van der Waals surface area contributed by atoms with Crippen LogP contribution in [0.2, 0.25) is 0 Å². The number of aliphatic hydroxyl groups is 1. The third-order valence-corrected chi connectivity index (χ3v) is 7.14. The van der Waals surface area contributed by atoms with Crippen LogP contribution < -0.4 is 4.90 Å². The van der Waals surface area contributed by atoms with Gasteiger partial charge in [0.25, 0.3) is 0 Å². The first-order valence-corrected chi connectivity index (χ1v) is 10.2. The minimum absolute atomic E-state index is 0.400. The Balaban J connectivity index is 1.21. The molecule has 0 amide bonds. The molecule has 4 aliphatic rings. The van der Waals surface area contributed by atoms with Crippen molar-refractivity contribution in [1.82, 2.24) is 14.9 Å². The molecule has 136 valence electrons. The smallest absolute Gasteiger partial charge is 0.132 e. The average molecular weight is 342 g/mol. The number of rotatable bonds is 4. The first kappa shape index (κ1) is 16.0. The lowest BCUT2D eigenvalue weighted by Gasteiger charge is -2.30. The van der Waals surface area contributed by atoms with Crippen molar-refractivity contribution in [2.45, 2.75) is 56.5 Å². The molecule has 2 atom stereocenters. The van der Waals surface area contributed by atoms with E-state index in [-0.39, 0.29) is 0 Å². The number of likely N-dealkylation sites (tertiary alicyclic amines) is 1. The van der Waals surface area contributed by atoms with Crippen molar-refractivity contribution in [2.24, 2.45) is 11.8 Å². The second-order valence-electron chi connectivity index (χ2n) is 8.98. The molecule has 2 aliphatic carbocycles. The van der Waals surface area contributed by atoms with Crippen LogP contribution in [0.5, 0.6) is 0 Å². The molecule has 5 rings (SSSR count). The molecule has 2 saturated heterocycles. The Hall–Kier alpha value is -1.20. The van der Waals surface area contributed by atoms with Gasteiger partial charge in [0.2, 0.25) is 0 Å². The summed E-state index contributed by atoms with van der Waals surface area (Å²) in [5, 5.41) is 10.7. The zero-order valence-corrected chi connectivity index (χ0v) is 15.1. The number of hydrogen-bond donors (Lipinski definition) is 1. The van der Waals surface area contributed by atoms with Crippen molar-refractivity contribution in [3.05, 3.63) is 18.1 Å². The largest absolute Gasteiger partial charge is 0.389 e. The Morgan fingerprint density at radius 2 is 1.72 bits per heavy atom. The third-order valence-electron chi connectivity index (χ3n) is 7.14. The van der Waals surface area contributed by atoms with Gasteiger partial charge in [0.15, 0.2) is 0 Å². The van der Waals surface area contributed by atoms with Gasteiger partial charge in [-0.15, -0.1) is 0 Å². The van der Waals surface area contributed by atoms with Crippen LogP contribution in [0.25, 0.3) is 0 Å². The summed E-state index contributed by atoms with van der Waals surface area (Å²) in [4.78, 5) is 14.1. The van der Waals surface area contributed by atoms with E-state index in [1.54, 1.807) is 6.33 Å². The maximum atomic E-state index is 10.7. The van der Waals surface area contributed by atoms with Crippen LogP contribution in [0.4, 0.5) is 5.82 Å². The molecule has 2 saturated carbocycles. The Morgan fingerprint density at radius 3 is 2.36 bits per heavy atom. The molecule has 2 unspecified atom stereocenters. The summed E-state index contributed by atoms with van der Waals surface area (Å²) in [6, 6.07) is 2.24. The van der Waals surface area contributed by atoms with Gasteiger partial charge in [-0.1, -0.05) is 19.3 Å². The molecule has 4 fully saturated rings. The van der Waals surface area contributed by atoms with Crippen molar-refractivity contribution in [3.63, 3.8) is 0 Å². The lowest BCUT2D eigenvalue weighted by molar-refractivity contribution is 0.0141. The van der Waals surface area contributed by atoms with Crippen LogP contribution in [-0.4, -0.2) is 58.3 Å². The molecule has 1 aromatic rings. The molecular formula is C20H30N4O. The molecule has 5 heteroatoms. The predicted octanol–water partition coefficient (Wildman–Crippen LogP) is 2.42. The van der Waals surface area contributed by atoms with Crippen molar-refractivity contribution >= 4 is 5.82 Å². The number of hydrogen-bond acceptors (Lipinski definition) is 5. The zero-order valence-electron chi connectivity index (χ0n) is 15.1. The van der Waals surface area contributed by atoms with Crippen molar-refractivity contribution in [3.8, 4) is 0 Å². The lowest BCUT2D eigenvalue weighted by atomic mass is 9.83. The van der Waals surface area contributed by atoms with E-state index >= 15 is 0 Å². The number of nitrogens with zero attached hydrogens (tertiary/aromatic N) is 4. The van der Waals surface area contributed by atoms with Gasteiger partial charge >= 0.3 is 0 Å². The van der Waals surface area contributed by atoms with Crippen molar-refractivity contribution < 1.29 is 5.11 Å². The number of anilines is 1. The van der Waals surface area contributed by atoms with E-state index in [2.05, 4.69) is 25.8 Å². The van der Waals surface area contributed by atoms with Crippen molar-refractivity contribution in [2.75, 3.05) is 37.6 Å². The normalized spacial score (nSPS) is 32.1. The molecule has 0 bridgehead atoms. The molecule has 5 nitrogen and oxygen atoms in total. The highest BCUT2D eigenvalue weighted by atomic mass is 16.3. The van der Waals surface area contributed by atoms with E-state index in [0.29, 0.717) is 5.92 Å². The fourth-order valence-electron chi connectivity index (χ4n) is 5.48. The van der Waals surface area contributed by atoms with Gasteiger partial charge in [-0.05, 0) is 37.5 Å². The minimum Gasteiger partial charge on any atom is -0.389 e. The van der Waals surface area contributed by atoms with Gasteiger partial charge in [-0.25, -0.2) is 9.97 Å². The molecule has 3 heterocycles. The summed E-state index contributed by atoms with van der Waals surface area (Å²) in [7, 11) is 0. The summed E-state index contributed by atoms with van der Waals surface area (Å²) in [6.07, 6.45) is 10.1. The third kappa shape index (κ3) is 3.06. The van der Waals surface area contributed by atoms with Crippen LogP contribution in [0, 0.1) is 11.8 Å². The van der Waals surface area contributed by atoms with Crippen LogP contribution in [0.15, 0.2) is 12.4 Å². The molecule has 25 heavy (non-hydrogen) atoms. The lowest BCUT2D eigenvalue weighted by Crippen LogP contribution is -2.41. The summed E-state index contributed by atoms with van der Waals surface area (Å²) < 4.78 is 0. The van der Waals surface area contributed by atoms with E-state index in [1.807, 2.05) is 0 Å². The highest BCUT2D eigenvalue weighted by molar-refractivity contribution is 5.42. The van der Waals surface area contributed by atoms with E-state index in [1.165, 1.54) is 37.8 Å². The minimum atomic E-state index is -0.400. The van der Waals surface area contributed by atoms with Crippen LogP contribution in [0.3, 0.4) is 0 Å². The van der Waals surface area contributed by atoms with Gasteiger partial charge in [0.05, 0.1) is 5.60 Å². The Kier molecular flexibility index (Phi) is 3.97. The Morgan fingerprint density at radius 1 is 1.00 bits per heavy atom. The second kappa shape index (κ2) is 6.20. The zero-order chi connectivity index (χ0) is 16.9. The predicted molar refractivity (Wildman–Crippen MR) is 97.7 cm³/mol. The van der Waals surface area contributed by atoms with E-state index in [9.17, 15) is 5.11 Å².